The number of nitrogens with zero attached hydrogens (tertiary/aromatic N) is 3. The highest BCUT2D eigenvalue weighted by Gasteiger charge is 2.38. The Kier molecular flexibility index (Phi) is 5.27. The van der Waals surface area contributed by atoms with Gasteiger partial charge in [0.05, 0.1) is 5.75 Å². The molecule has 0 atom stereocenters. The molecule has 3 amide bonds. The van der Waals surface area contributed by atoms with Gasteiger partial charge in [-0.05, 0) is 20.8 Å². The van der Waals surface area contributed by atoms with Crippen LogP contribution < -0.4 is 16.5 Å². The molecule has 0 unspecified atom stereocenters. The third kappa shape index (κ3) is 5.42. The molecule has 0 fully saturated rings. The molecular weight excluding hydrogens is 325 g/mol. The largest absolute Gasteiger partial charge is 0.453 e. The maximum absolute atomic E-state index is 12.4. The summed E-state index contributed by atoms with van der Waals surface area (Å²) in [7, 11) is 0. The molecule has 8 nitrogen and oxygen atoms in total. The topological polar surface area (TPSA) is 115 Å². The number of carbonyl (C=O) groups is 2. The highest BCUT2D eigenvalue weighted by molar-refractivity contribution is 7.99. The van der Waals surface area contributed by atoms with Crippen LogP contribution in [0.1, 0.15) is 26.6 Å². The Labute approximate surface area is 128 Å². The Morgan fingerprint density at radius 3 is 2.32 bits per heavy atom. The molecule has 1 aromatic rings. The van der Waals surface area contributed by atoms with Crippen LogP contribution in [0.3, 0.4) is 0 Å². The van der Waals surface area contributed by atoms with Gasteiger partial charge in [0.25, 0.3) is 5.82 Å². The number of amides is 3. The van der Waals surface area contributed by atoms with Crippen molar-refractivity contribution < 1.29 is 22.8 Å². The summed E-state index contributed by atoms with van der Waals surface area (Å²) in [6, 6.07) is -0.705. The number of nitrogens with two attached hydrogens (primary N) is 1. The number of rotatable bonds is 3. The summed E-state index contributed by atoms with van der Waals surface area (Å²) >= 11 is 0.624. The van der Waals surface area contributed by atoms with Crippen molar-refractivity contribution in [1.82, 2.24) is 25.5 Å². The van der Waals surface area contributed by atoms with Gasteiger partial charge in [0.15, 0.2) is 0 Å². The minimum Gasteiger partial charge on any atom is -0.335 e. The maximum Gasteiger partial charge on any atom is 0.453 e. The molecule has 22 heavy (non-hydrogen) atoms. The normalized spacial score (nSPS) is 12.1. The lowest BCUT2D eigenvalue weighted by molar-refractivity contribution is -0.146. The van der Waals surface area contributed by atoms with Gasteiger partial charge in [0.1, 0.15) is 0 Å². The molecule has 12 heteroatoms. The van der Waals surface area contributed by atoms with E-state index in [0.717, 1.165) is 0 Å². The zero-order chi connectivity index (χ0) is 17.1. The number of nitrogen functional groups attached to an aromatic ring is 1. The van der Waals surface area contributed by atoms with Crippen LogP contribution in [0.15, 0.2) is 5.16 Å². The molecule has 0 radical (unpaired) electrons. The van der Waals surface area contributed by atoms with E-state index in [-0.39, 0.29) is 15.6 Å². The first-order valence-corrected chi connectivity index (χ1v) is 6.91. The number of thioether (sulfide) groups is 1. The Morgan fingerprint density at radius 2 is 1.86 bits per heavy atom. The molecule has 4 N–H and O–H groups in total. The molecule has 124 valence electrons. The Bertz CT molecular complexity index is 566. The number of alkyl halides is 3. The Balaban J connectivity index is 2.55. The molecule has 0 saturated heterocycles. The Morgan fingerprint density at radius 1 is 1.27 bits per heavy atom. The van der Waals surface area contributed by atoms with Crippen LogP contribution in [-0.4, -0.2) is 38.1 Å². The number of imide groups is 1. The summed E-state index contributed by atoms with van der Waals surface area (Å²) in [5.41, 5.74) is -0.531. The number of nitrogens with one attached hydrogen (secondary N) is 2. The molecule has 0 aliphatic heterocycles. The van der Waals surface area contributed by atoms with Crippen LogP contribution in [0.25, 0.3) is 0 Å². The maximum atomic E-state index is 12.4. The smallest absolute Gasteiger partial charge is 0.335 e. The molecule has 1 heterocycles. The lowest BCUT2D eigenvalue weighted by Gasteiger charge is -2.20. The molecule has 0 aliphatic rings. The van der Waals surface area contributed by atoms with Crippen molar-refractivity contribution in [2.75, 3.05) is 11.6 Å². The molecule has 0 spiro atoms. The predicted molar refractivity (Wildman–Crippen MR) is 72.3 cm³/mol. The number of hydrogen-bond acceptors (Lipinski definition) is 6. The van der Waals surface area contributed by atoms with Crippen LogP contribution in [0.2, 0.25) is 0 Å². The summed E-state index contributed by atoms with van der Waals surface area (Å²) < 4.78 is 37.6. The standard InChI is InChI=1S/C10H15F3N6O2S/c1-9(2,3)16-7(21)15-5(20)4-22-8-18-17-6(19(8)14)10(11,12)13/h4,14H2,1-3H3,(H2,15,16,20,21). The van der Waals surface area contributed by atoms with Crippen molar-refractivity contribution in [3.63, 3.8) is 0 Å². The van der Waals surface area contributed by atoms with E-state index in [9.17, 15) is 22.8 Å². The summed E-state index contributed by atoms with van der Waals surface area (Å²) in [6.45, 7) is 5.17. The molecule has 1 aromatic heterocycles. The molecule has 1 rings (SSSR count). The first-order valence-electron chi connectivity index (χ1n) is 5.92. The van der Waals surface area contributed by atoms with Crippen molar-refractivity contribution >= 4 is 23.7 Å². The number of carbonyl (C=O) groups excluding carboxylic acids is 2. The predicted octanol–water partition coefficient (Wildman–Crippen LogP) is 0.727. The van der Waals surface area contributed by atoms with Gasteiger partial charge in [-0.15, -0.1) is 10.2 Å². The molecule has 0 saturated carbocycles. The molecule has 0 bridgehead atoms. The van der Waals surface area contributed by atoms with Crippen molar-refractivity contribution in [3.05, 3.63) is 5.82 Å². The lowest BCUT2D eigenvalue weighted by Crippen LogP contribution is -2.48. The minimum absolute atomic E-state index is 0.243. The number of hydrogen-bond donors (Lipinski definition) is 3. The van der Waals surface area contributed by atoms with Gasteiger partial charge in [-0.2, -0.15) is 13.2 Å². The average molecular weight is 340 g/mol. The summed E-state index contributed by atoms with van der Waals surface area (Å²) in [5, 5.41) is 10.4. The van der Waals surface area contributed by atoms with Gasteiger partial charge in [0, 0.05) is 5.54 Å². The van der Waals surface area contributed by atoms with Gasteiger partial charge in [-0.1, -0.05) is 11.8 Å². The molecular formula is C10H15F3N6O2S. The first-order chi connectivity index (χ1) is 9.90. The van der Waals surface area contributed by atoms with Gasteiger partial charge >= 0.3 is 12.2 Å². The average Bonchev–Trinajstić information content (AvgIpc) is 2.64. The monoisotopic (exact) mass is 340 g/mol. The number of aromatic nitrogens is 3. The number of urea groups is 1. The van der Waals surface area contributed by atoms with Crippen molar-refractivity contribution in [2.45, 2.75) is 37.6 Å². The SMILES string of the molecule is CC(C)(C)NC(=O)NC(=O)CSc1nnc(C(F)(F)F)n1N. The lowest BCUT2D eigenvalue weighted by atomic mass is 10.1. The Hall–Kier alpha value is -1.98. The third-order valence-corrected chi connectivity index (χ3v) is 2.93. The van der Waals surface area contributed by atoms with E-state index in [4.69, 9.17) is 5.84 Å². The highest BCUT2D eigenvalue weighted by atomic mass is 32.2. The summed E-state index contributed by atoms with van der Waals surface area (Å²) in [5.74, 6) is 2.78. The van der Waals surface area contributed by atoms with E-state index in [0.29, 0.717) is 11.8 Å². The first kappa shape index (κ1) is 18.1. The van der Waals surface area contributed by atoms with Crippen LogP contribution >= 0.6 is 11.8 Å². The zero-order valence-corrected chi connectivity index (χ0v) is 12.8. The van der Waals surface area contributed by atoms with Crippen LogP contribution in [0.5, 0.6) is 0 Å². The van der Waals surface area contributed by atoms with Crippen molar-refractivity contribution in [3.8, 4) is 0 Å². The van der Waals surface area contributed by atoms with E-state index in [1.807, 2.05) is 5.32 Å². The van der Waals surface area contributed by atoms with E-state index >= 15 is 0 Å². The minimum atomic E-state index is -4.74. The fraction of sp³-hybridized carbons (Fsp3) is 0.600. The van der Waals surface area contributed by atoms with Crippen LogP contribution in [0, 0.1) is 0 Å². The quantitative estimate of drug-likeness (QED) is 0.552. The second-order valence-electron chi connectivity index (χ2n) is 5.21. The van der Waals surface area contributed by atoms with Gasteiger partial charge in [-0.3, -0.25) is 10.1 Å². The van der Waals surface area contributed by atoms with E-state index in [1.54, 1.807) is 20.8 Å². The zero-order valence-electron chi connectivity index (χ0n) is 12.0. The van der Waals surface area contributed by atoms with Crippen molar-refractivity contribution in [2.24, 2.45) is 0 Å². The van der Waals surface area contributed by atoms with Crippen molar-refractivity contribution in [1.29, 1.82) is 0 Å². The van der Waals surface area contributed by atoms with Crippen LogP contribution in [-0.2, 0) is 11.0 Å². The second kappa shape index (κ2) is 6.42. The molecule has 0 aromatic carbocycles. The third-order valence-electron chi connectivity index (χ3n) is 1.99. The fourth-order valence-corrected chi connectivity index (χ4v) is 1.89. The van der Waals surface area contributed by atoms with Gasteiger partial charge in [-0.25, -0.2) is 9.47 Å². The van der Waals surface area contributed by atoms with E-state index in [1.165, 1.54) is 0 Å². The number of halogens is 3. The van der Waals surface area contributed by atoms with E-state index in [2.05, 4.69) is 15.5 Å². The summed E-state index contributed by atoms with van der Waals surface area (Å²) in [4.78, 5) is 22.9. The second-order valence-corrected chi connectivity index (χ2v) is 6.16. The summed E-state index contributed by atoms with van der Waals surface area (Å²) in [6.07, 6.45) is -4.74. The van der Waals surface area contributed by atoms with E-state index < -0.39 is 29.5 Å². The van der Waals surface area contributed by atoms with Crippen LogP contribution in [0.4, 0.5) is 18.0 Å². The van der Waals surface area contributed by atoms with Gasteiger partial charge < -0.3 is 11.2 Å². The molecule has 0 aliphatic carbocycles. The highest BCUT2D eigenvalue weighted by Crippen LogP contribution is 2.28. The van der Waals surface area contributed by atoms with Gasteiger partial charge in [0.2, 0.25) is 11.1 Å². The fourth-order valence-electron chi connectivity index (χ4n) is 1.23.